The van der Waals surface area contributed by atoms with Gasteiger partial charge in [0.15, 0.2) is 0 Å². The summed E-state index contributed by atoms with van der Waals surface area (Å²) in [6.07, 6.45) is 1.93. The van der Waals surface area contributed by atoms with Gasteiger partial charge in [-0.05, 0) is 43.5 Å². The second-order valence-corrected chi connectivity index (χ2v) is 6.73. The average molecular weight is 319 g/mol. The number of hydrogen-bond donors (Lipinski definition) is 0. The molecule has 2 aromatic carbocycles. The SMILES string of the molecule is Cc1cccc(C(=O)N2CCC(Cc3cc4ccccc4o3)C2)c1. The molecule has 1 unspecified atom stereocenters. The highest BCUT2D eigenvalue weighted by atomic mass is 16.3. The van der Waals surface area contributed by atoms with Gasteiger partial charge in [0.05, 0.1) is 0 Å². The predicted octanol–water partition coefficient (Wildman–Crippen LogP) is 4.45. The number of rotatable bonds is 3. The van der Waals surface area contributed by atoms with Crippen LogP contribution in [0.2, 0.25) is 0 Å². The van der Waals surface area contributed by atoms with Gasteiger partial charge in [0.25, 0.3) is 5.91 Å². The molecule has 0 spiro atoms. The molecule has 0 bridgehead atoms. The number of para-hydroxylation sites is 1. The van der Waals surface area contributed by atoms with Gasteiger partial charge < -0.3 is 9.32 Å². The molecule has 24 heavy (non-hydrogen) atoms. The number of aryl methyl sites for hydroxylation is 1. The van der Waals surface area contributed by atoms with E-state index in [9.17, 15) is 4.79 Å². The van der Waals surface area contributed by atoms with Gasteiger partial charge in [-0.25, -0.2) is 0 Å². The smallest absolute Gasteiger partial charge is 0.253 e. The van der Waals surface area contributed by atoms with Gasteiger partial charge in [-0.15, -0.1) is 0 Å². The molecule has 0 radical (unpaired) electrons. The van der Waals surface area contributed by atoms with Gasteiger partial charge >= 0.3 is 0 Å². The normalized spacial score (nSPS) is 17.5. The van der Waals surface area contributed by atoms with Crippen LogP contribution in [-0.4, -0.2) is 23.9 Å². The highest BCUT2D eigenvalue weighted by Gasteiger charge is 2.27. The minimum absolute atomic E-state index is 0.144. The molecule has 122 valence electrons. The molecule has 3 aromatic rings. The summed E-state index contributed by atoms with van der Waals surface area (Å²) in [6, 6.07) is 18.1. The number of likely N-dealkylation sites (tertiary alicyclic amines) is 1. The molecule has 1 aliphatic rings. The quantitative estimate of drug-likeness (QED) is 0.715. The molecule has 1 fully saturated rings. The number of amides is 1. The molecule has 1 amide bonds. The van der Waals surface area contributed by atoms with Crippen molar-refractivity contribution in [2.45, 2.75) is 19.8 Å². The van der Waals surface area contributed by atoms with Crippen molar-refractivity contribution in [3.05, 3.63) is 71.5 Å². The molecule has 0 aliphatic carbocycles. The van der Waals surface area contributed by atoms with E-state index < -0.39 is 0 Å². The van der Waals surface area contributed by atoms with Crippen LogP contribution in [0.3, 0.4) is 0 Å². The topological polar surface area (TPSA) is 33.5 Å². The Hall–Kier alpha value is -2.55. The van der Waals surface area contributed by atoms with E-state index in [1.54, 1.807) is 0 Å². The molecule has 1 aliphatic heterocycles. The number of carbonyl (C=O) groups excluding carboxylic acids is 1. The Morgan fingerprint density at radius 1 is 1.17 bits per heavy atom. The second kappa shape index (κ2) is 6.16. The van der Waals surface area contributed by atoms with E-state index in [1.165, 1.54) is 0 Å². The molecule has 2 heterocycles. The molecule has 0 saturated carbocycles. The first-order valence-corrected chi connectivity index (χ1v) is 8.52. The number of benzene rings is 2. The molecular weight excluding hydrogens is 298 g/mol. The summed E-state index contributed by atoms with van der Waals surface area (Å²) in [5, 5.41) is 1.15. The Morgan fingerprint density at radius 2 is 2.04 bits per heavy atom. The van der Waals surface area contributed by atoms with Gasteiger partial charge in [0.1, 0.15) is 11.3 Å². The first-order valence-electron chi connectivity index (χ1n) is 8.52. The number of fused-ring (bicyclic) bond motifs is 1. The zero-order valence-corrected chi connectivity index (χ0v) is 13.9. The third kappa shape index (κ3) is 2.94. The van der Waals surface area contributed by atoms with E-state index in [2.05, 4.69) is 12.1 Å². The Morgan fingerprint density at radius 3 is 2.88 bits per heavy atom. The van der Waals surface area contributed by atoms with Crippen molar-refractivity contribution in [2.75, 3.05) is 13.1 Å². The van der Waals surface area contributed by atoms with Crippen LogP contribution in [0.15, 0.2) is 59.0 Å². The van der Waals surface area contributed by atoms with Gasteiger partial charge in [0, 0.05) is 30.5 Å². The summed E-state index contributed by atoms with van der Waals surface area (Å²) in [7, 11) is 0. The van der Waals surface area contributed by atoms with Crippen LogP contribution in [0.5, 0.6) is 0 Å². The molecule has 3 nitrogen and oxygen atoms in total. The van der Waals surface area contributed by atoms with Crippen LogP contribution in [-0.2, 0) is 6.42 Å². The summed E-state index contributed by atoms with van der Waals surface area (Å²) >= 11 is 0. The highest BCUT2D eigenvalue weighted by molar-refractivity contribution is 5.94. The van der Waals surface area contributed by atoms with E-state index in [0.29, 0.717) is 5.92 Å². The largest absolute Gasteiger partial charge is 0.461 e. The van der Waals surface area contributed by atoms with E-state index in [1.807, 2.05) is 54.3 Å². The van der Waals surface area contributed by atoms with Crippen molar-refractivity contribution in [1.29, 1.82) is 0 Å². The maximum atomic E-state index is 12.6. The summed E-state index contributed by atoms with van der Waals surface area (Å²) in [5.41, 5.74) is 2.86. The first kappa shape index (κ1) is 15.0. The number of nitrogens with zero attached hydrogens (tertiary/aromatic N) is 1. The zero-order valence-electron chi connectivity index (χ0n) is 13.9. The lowest BCUT2D eigenvalue weighted by atomic mass is 10.0. The van der Waals surface area contributed by atoms with Crippen molar-refractivity contribution in [1.82, 2.24) is 4.90 Å². The lowest BCUT2D eigenvalue weighted by Crippen LogP contribution is -2.28. The number of carbonyl (C=O) groups is 1. The molecule has 1 atom stereocenters. The lowest BCUT2D eigenvalue weighted by molar-refractivity contribution is 0.0786. The molecular formula is C21H21NO2. The van der Waals surface area contributed by atoms with Gasteiger partial charge in [-0.3, -0.25) is 4.79 Å². The minimum atomic E-state index is 0.144. The van der Waals surface area contributed by atoms with Crippen LogP contribution in [0.25, 0.3) is 11.0 Å². The predicted molar refractivity (Wildman–Crippen MR) is 95.1 cm³/mol. The Balaban J connectivity index is 1.43. The summed E-state index contributed by atoms with van der Waals surface area (Å²) in [4.78, 5) is 14.6. The summed E-state index contributed by atoms with van der Waals surface area (Å²) in [5.74, 6) is 1.64. The number of hydrogen-bond acceptors (Lipinski definition) is 2. The van der Waals surface area contributed by atoms with Crippen LogP contribution in [0.4, 0.5) is 0 Å². The molecule has 0 N–H and O–H groups in total. The van der Waals surface area contributed by atoms with E-state index in [0.717, 1.165) is 53.8 Å². The van der Waals surface area contributed by atoms with Crippen LogP contribution in [0, 0.1) is 12.8 Å². The summed E-state index contributed by atoms with van der Waals surface area (Å²) in [6.45, 7) is 3.66. The molecule has 1 aromatic heterocycles. The minimum Gasteiger partial charge on any atom is -0.461 e. The maximum Gasteiger partial charge on any atom is 0.253 e. The first-order chi connectivity index (χ1) is 11.7. The van der Waals surface area contributed by atoms with Crippen molar-refractivity contribution in [2.24, 2.45) is 5.92 Å². The van der Waals surface area contributed by atoms with Crippen molar-refractivity contribution in [3.8, 4) is 0 Å². The van der Waals surface area contributed by atoms with Crippen molar-refractivity contribution < 1.29 is 9.21 Å². The van der Waals surface area contributed by atoms with Crippen molar-refractivity contribution in [3.63, 3.8) is 0 Å². The zero-order chi connectivity index (χ0) is 16.5. The highest BCUT2D eigenvalue weighted by Crippen LogP contribution is 2.26. The second-order valence-electron chi connectivity index (χ2n) is 6.73. The standard InChI is InChI=1S/C21H21NO2/c1-15-5-4-7-18(11-15)21(23)22-10-9-16(14-22)12-19-13-17-6-2-3-8-20(17)24-19/h2-8,11,13,16H,9-10,12,14H2,1H3. The van der Waals surface area contributed by atoms with E-state index in [4.69, 9.17) is 4.42 Å². The Bertz CT molecular complexity index is 847. The average Bonchev–Trinajstić information content (AvgIpc) is 3.20. The maximum absolute atomic E-state index is 12.6. The Labute approximate surface area is 141 Å². The molecule has 1 saturated heterocycles. The van der Waals surface area contributed by atoms with Gasteiger partial charge in [-0.2, -0.15) is 0 Å². The van der Waals surface area contributed by atoms with Gasteiger partial charge in [0.2, 0.25) is 0 Å². The number of furan rings is 1. The Kier molecular flexibility index (Phi) is 3.85. The van der Waals surface area contributed by atoms with Gasteiger partial charge in [-0.1, -0.05) is 35.9 Å². The van der Waals surface area contributed by atoms with Crippen LogP contribution < -0.4 is 0 Å². The third-order valence-electron chi connectivity index (χ3n) is 4.80. The van der Waals surface area contributed by atoms with E-state index >= 15 is 0 Å². The summed E-state index contributed by atoms with van der Waals surface area (Å²) < 4.78 is 5.92. The fourth-order valence-corrected chi connectivity index (χ4v) is 3.57. The lowest BCUT2D eigenvalue weighted by Gasteiger charge is -2.16. The van der Waals surface area contributed by atoms with E-state index in [-0.39, 0.29) is 5.91 Å². The van der Waals surface area contributed by atoms with Crippen LogP contribution in [0.1, 0.15) is 28.1 Å². The van der Waals surface area contributed by atoms with Crippen LogP contribution >= 0.6 is 0 Å². The van der Waals surface area contributed by atoms with Crippen molar-refractivity contribution >= 4 is 16.9 Å². The third-order valence-corrected chi connectivity index (χ3v) is 4.80. The fraction of sp³-hybridized carbons (Fsp3) is 0.286. The monoisotopic (exact) mass is 319 g/mol. The molecule has 4 rings (SSSR count). The molecule has 3 heteroatoms. The fourth-order valence-electron chi connectivity index (χ4n) is 3.57.